The molecule has 3 N–H and O–H groups in total. The van der Waals surface area contributed by atoms with E-state index in [1.807, 2.05) is 0 Å². The first-order valence-electron chi connectivity index (χ1n) is 3.05. The van der Waals surface area contributed by atoms with Gasteiger partial charge in [-0.25, -0.2) is 10.2 Å². The van der Waals surface area contributed by atoms with Gasteiger partial charge < -0.3 is 4.89 Å². The lowest BCUT2D eigenvalue weighted by Crippen LogP contribution is -2.32. The molecule has 0 amide bonds. The van der Waals surface area contributed by atoms with E-state index in [1.54, 1.807) is 11.8 Å². The molecule has 1 unspecified atom stereocenters. The van der Waals surface area contributed by atoms with Crippen molar-refractivity contribution in [1.82, 2.24) is 4.67 Å². The molecule has 1 aliphatic rings. The van der Waals surface area contributed by atoms with Crippen LogP contribution in [0.25, 0.3) is 0 Å². The summed E-state index contributed by atoms with van der Waals surface area (Å²) in [5.74, 6) is 1.81. The summed E-state index contributed by atoms with van der Waals surface area (Å²) >= 11 is 1.79. The number of hydrogen-bond donors (Lipinski definition) is 2. The van der Waals surface area contributed by atoms with Gasteiger partial charge in [0.05, 0.1) is 0 Å². The predicted octanol–water partition coefficient (Wildman–Crippen LogP) is 0.0943. The minimum absolute atomic E-state index is 0.634. The van der Waals surface area contributed by atoms with Gasteiger partial charge in [-0.15, -0.1) is 0 Å². The molecule has 1 aliphatic heterocycles. The largest absolute Gasteiger partial charge is 0.338 e. The quantitative estimate of drug-likeness (QED) is 0.563. The average Bonchev–Trinajstić information content (AvgIpc) is 1.88. The smallest absolute Gasteiger partial charge is 0.322 e. The molecule has 0 radical (unpaired) electrons. The Morgan fingerprint density at radius 2 is 2.00 bits per heavy atom. The summed E-state index contributed by atoms with van der Waals surface area (Å²) in [6.07, 6.45) is 0. The van der Waals surface area contributed by atoms with E-state index in [-0.39, 0.29) is 0 Å². The highest BCUT2D eigenvalue weighted by molar-refractivity contribution is 7.99. The summed E-state index contributed by atoms with van der Waals surface area (Å²) < 4.78 is 12.3. The van der Waals surface area contributed by atoms with Gasteiger partial charge in [-0.2, -0.15) is 11.8 Å². The van der Waals surface area contributed by atoms with Crippen LogP contribution in [0.15, 0.2) is 0 Å². The number of hydrogen-bond acceptors (Lipinski definition) is 2. The molecule has 1 fully saturated rings. The molecule has 1 saturated heterocycles. The first-order chi connectivity index (χ1) is 4.61. The van der Waals surface area contributed by atoms with Gasteiger partial charge in [-0.1, -0.05) is 0 Å². The van der Waals surface area contributed by atoms with Crippen molar-refractivity contribution in [3.63, 3.8) is 0 Å². The Labute approximate surface area is 64.3 Å². The van der Waals surface area contributed by atoms with Gasteiger partial charge in [-0.3, -0.25) is 4.57 Å². The summed E-state index contributed by atoms with van der Waals surface area (Å²) in [6.45, 7) is 1.27. The third-order valence-electron chi connectivity index (χ3n) is 1.39. The zero-order chi connectivity index (χ0) is 7.61. The van der Waals surface area contributed by atoms with E-state index >= 15 is 0 Å². The molecule has 0 saturated carbocycles. The fourth-order valence-corrected chi connectivity index (χ4v) is 2.79. The molecule has 1 atom stereocenters. The van der Waals surface area contributed by atoms with Gasteiger partial charge in [0.2, 0.25) is 0 Å². The molecule has 0 aromatic heterocycles. The maximum atomic E-state index is 10.8. The fraction of sp³-hybridized carbons (Fsp3) is 1.00. The van der Waals surface area contributed by atoms with Crippen molar-refractivity contribution in [1.29, 1.82) is 0 Å². The van der Waals surface area contributed by atoms with E-state index in [2.05, 4.69) is 0 Å². The Kier molecular flexibility index (Phi) is 2.77. The minimum atomic E-state index is -3.42. The van der Waals surface area contributed by atoms with Crippen molar-refractivity contribution in [2.45, 2.75) is 0 Å². The number of rotatable bonds is 1. The Bertz CT molecular complexity index is 153. The summed E-state index contributed by atoms with van der Waals surface area (Å²) in [6, 6.07) is 0. The van der Waals surface area contributed by atoms with Gasteiger partial charge in [0.15, 0.2) is 0 Å². The van der Waals surface area contributed by atoms with Gasteiger partial charge in [-0.05, 0) is 0 Å². The van der Waals surface area contributed by atoms with E-state index in [4.69, 9.17) is 10.4 Å². The molecule has 10 heavy (non-hydrogen) atoms. The standard InChI is InChI=1S/C4H11N2O2PS/c5-9(7,8)6-1-3-10-4-2-6/h1-4H2,(H3,5,7,8). The van der Waals surface area contributed by atoms with Crippen molar-refractivity contribution in [2.75, 3.05) is 24.6 Å². The summed E-state index contributed by atoms with van der Waals surface area (Å²) in [7, 11) is -3.42. The maximum Gasteiger partial charge on any atom is 0.338 e. The lowest BCUT2D eigenvalue weighted by molar-refractivity contribution is 0.365. The van der Waals surface area contributed by atoms with Crippen molar-refractivity contribution in [3.05, 3.63) is 0 Å². The first-order valence-corrected chi connectivity index (χ1v) is 5.89. The molecule has 4 nitrogen and oxygen atoms in total. The van der Waals surface area contributed by atoms with E-state index in [9.17, 15) is 4.57 Å². The van der Waals surface area contributed by atoms with Crippen LogP contribution in [0.3, 0.4) is 0 Å². The number of thioether (sulfide) groups is 1. The molecular formula is C4H11N2O2PS. The van der Waals surface area contributed by atoms with Crippen LogP contribution in [0.2, 0.25) is 0 Å². The zero-order valence-corrected chi connectivity index (χ0v) is 7.27. The van der Waals surface area contributed by atoms with Gasteiger partial charge in [0, 0.05) is 24.6 Å². The van der Waals surface area contributed by atoms with Crippen LogP contribution >= 0.6 is 19.4 Å². The molecule has 60 valence electrons. The van der Waals surface area contributed by atoms with Gasteiger partial charge in [0.25, 0.3) is 0 Å². The molecule has 0 aromatic carbocycles. The Morgan fingerprint density at radius 3 is 2.30 bits per heavy atom. The van der Waals surface area contributed by atoms with Crippen molar-refractivity contribution < 1.29 is 9.46 Å². The van der Waals surface area contributed by atoms with E-state index < -0.39 is 7.67 Å². The van der Waals surface area contributed by atoms with Crippen molar-refractivity contribution in [3.8, 4) is 0 Å². The monoisotopic (exact) mass is 182 g/mol. The lowest BCUT2D eigenvalue weighted by atomic mass is 10.6. The molecule has 0 aliphatic carbocycles. The van der Waals surface area contributed by atoms with Crippen LogP contribution in [-0.4, -0.2) is 34.2 Å². The summed E-state index contributed by atoms with van der Waals surface area (Å²) in [4.78, 5) is 8.89. The molecular weight excluding hydrogens is 171 g/mol. The summed E-state index contributed by atoms with van der Waals surface area (Å²) in [5, 5.41) is 0. The maximum absolute atomic E-state index is 10.8. The Hall–Kier alpha value is 0.460. The molecule has 1 heterocycles. The van der Waals surface area contributed by atoms with Crippen LogP contribution in [0.4, 0.5) is 0 Å². The van der Waals surface area contributed by atoms with Gasteiger partial charge in [0.1, 0.15) is 0 Å². The predicted molar refractivity (Wildman–Crippen MR) is 42.9 cm³/mol. The first kappa shape index (κ1) is 8.56. The van der Waals surface area contributed by atoms with Crippen LogP contribution in [0, 0.1) is 0 Å². The van der Waals surface area contributed by atoms with Gasteiger partial charge >= 0.3 is 7.67 Å². The second kappa shape index (κ2) is 3.24. The van der Waals surface area contributed by atoms with Crippen LogP contribution in [0.1, 0.15) is 0 Å². The second-order valence-corrected chi connectivity index (χ2v) is 5.12. The fourth-order valence-electron chi connectivity index (χ4n) is 0.840. The van der Waals surface area contributed by atoms with E-state index in [0.29, 0.717) is 13.1 Å². The molecule has 0 aromatic rings. The highest BCUT2D eigenvalue weighted by Gasteiger charge is 2.24. The molecule has 1 rings (SSSR count). The van der Waals surface area contributed by atoms with E-state index in [0.717, 1.165) is 11.5 Å². The van der Waals surface area contributed by atoms with Crippen LogP contribution < -0.4 is 5.50 Å². The Balaban J connectivity index is 2.47. The van der Waals surface area contributed by atoms with Crippen molar-refractivity contribution in [2.24, 2.45) is 5.50 Å². The lowest BCUT2D eigenvalue weighted by Gasteiger charge is -2.27. The highest BCUT2D eigenvalue weighted by atomic mass is 32.2. The molecule has 6 heteroatoms. The normalized spacial score (nSPS) is 27.8. The summed E-state index contributed by atoms with van der Waals surface area (Å²) in [5.41, 5.74) is 5.04. The number of nitrogens with zero attached hydrogens (tertiary/aromatic N) is 1. The van der Waals surface area contributed by atoms with Crippen LogP contribution in [-0.2, 0) is 4.57 Å². The SMILES string of the molecule is NP(=O)(O)N1CCSCC1. The highest BCUT2D eigenvalue weighted by Crippen LogP contribution is 2.37. The molecule has 0 bridgehead atoms. The second-order valence-electron chi connectivity index (χ2n) is 2.16. The third kappa shape index (κ3) is 2.25. The third-order valence-corrected chi connectivity index (χ3v) is 3.55. The topological polar surface area (TPSA) is 66.6 Å². The van der Waals surface area contributed by atoms with Crippen molar-refractivity contribution >= 4 is 19.4 Å². The molecule has 0 spiro atoms. The minimum Gasteiger partial charge on any atom is -0.322 e. The van der Waals surface area contributed by atoms with Crippen LogP contribution in [0.5, 0.6) is 0 Å². The number of nitrogens with two attached hydrogens (primary N) is 1. The Morgan fingerprint density at radius 1 is 1.50 bits per heavy atom. The average molecular weight is 182 g/mol. The zero-order valence-electron chi connectivity index (χ0n) is 5.56. The van der Waals surface area contributed by atoms with E-state index in [1.165, 1.54) is 4.67 Å².